The Morgan fingerprint density at radius 2 is 2.17 bits per heavy atom. The van der Waals surface area contributed by atoms with Crippen LogP contribution in [0.3, 0.4) is 0 Å². The molecule has 12 heavy (non-hydrogen) atoms. The van der Waals surface area contributed by atoms with Gasteiger partial charge in [-0.1, -0.05) is 18.2 Å². The molecular weight excluding hydrogens is 168 g/mol. The quantitative estimate of drug-likeness (QED) is 0.563. The van der Waals surface area contributed by atoms with Crippen molar-refractivity contribution in [2.24, 2.45) is 0 Å². The van der Waals surface area contributed by atoms with Crippen molar-refractivity contribution in [2.45, 2.75) is 11.3 Å². The molecule has 0 aliphatic carbocycles. The highest BCUT2D eigenvalue weighted by molar-refractivity contribution is 7.99. The summed E-state index contributed by atoms with van der Waals surface area (Å²) in [6.45, 7) is 0. The second-order valence-corrected chi connectivity index (χ2v) is 3.80. The van der Waals surface area contributed by atoms with Crippen molar-refractivity contribution in [2.75, 3.05) is 5.75 Å². The maximum atomic E-state index is 10.4. The lowest BCUT2D eigenvalue weighted by Crippen LogP contribution is -2.02. The molecule has 0 spiro atoms. The van der Waals surface area contributed by atoms with E-state index in [4.69, 9.17) is 0 Å². The van der Waals surface area contributed by atoms with Gasteiger partial charge in [0.1, 0.15) is 5.94 Å². The number of hydrogen-bond acceptors (Lipinski definition) is 2. The fraction of sp³-hybridized carbons (Fsp3) is 0.200. The Morgan fingerprint density at radius 1 is 1.33 bits per heavy atom. The second-order valence-electron chi connectivity index (χ2n) is 2.78. The molecule has 1 aromatic rings. The van der Waals surface area contributed by atoms with Gasteiger partial charge in [0.25, 0.3) is 0 Å². The summed E-state index contributed by atoms with van der Waals surface area (Å²) in [7, 11) is 0. The molecule has 0 amide bonds. The van der Waals surface area contributed by atoms with Gasteiger partial charge >= 0.3 is 0 Å². The first-order valence-electron chi connectivity index (χ1n) is 3.83. The molecule has 1 aliphatic rings. The highest BCUT2D eigenvalue weighted by Gasteiger charge is 2.12. The molecule has 0 bridgehead atoms. The molecule has 1 aliphatic heterocycles. The fourth-order valence-electron chi connectivity index (χ4n) is 1.30. The first-order chi connectivity index (χ1) is 5.90. The number of benzene rings is 1. The van der Waals surface area contributed by atoms with Crippen molar-refractivity contribution in [3.8, 4) is 0 Å². The van der Waals surface area contributed by atoms with Crippen LogP contribution in [0.1, 0.15) is 5.56 Å². The van der Waals surface area contributed by atoms with Gasteiger partial charge in [-0.25, -0.2) is 4.79 Å². The van der Waals surface area contributed by atoms with Gasteiger partial charge in [-0.15, -0.1) is 11.8 Å². The Bertz CT molecular complexity index is 351. The zero-order valence-corrected chi connectivity index (χ0v) is 7.36. The molecular formula is C10H8OS. The normalized spacial score (nSPS) is 15.2. The highest BCUT2D eigenvalue weighted by atomic mass is 32.2. The van der Waals surface area contributed by atoms with Crippen LogP contribution >= 0.6 is 11.8 Å². The van der Waals surface area contributed by atoms with Crippen molar-refractivity contribution in [1.29, 1.82) is 0 Å². The van der Waals surface area contributed by atoms with Gasteiger partial charge in [-0.05, 0) is 11.6 Å². The van der Waals surface area contributed by atoms with E-state index in [0.717, 1.165) is 17.7 Å². The van der Waals surface area contributed by atoms with E-state index < -0.39 is 0 Å². The van der Waals surface area contributed by atoms with Crippen molar-refractivity contribution in [3.05, 3.63) is 35.4 Å². The summed E-state index contributed by atoms with van der Waals surface area (Å²) in [6, 6.07) is 8.20. The number of fused-ring (bicyclic) bond motifs is 1. The summed E-state index contributed by atoms with van der Waals surface area (Å²) in [5.41, 5.74) is 2.13. The largest absolute Gasteiger partial charge is 0.234 e. The van der Waals surface area contributed by atoms with Gasteiger partial charge in [0, 0.05) is 22.6 Å². The molecule has 0 saturated heterocycles. The smallest absolute Gasteiger partial charge is 0.124 e. The SMILES string of the molecule is O=C=C1CSc2ccccc2C1. The lowest BCUT2D eigenvalue weighted by molar-refractivity contribution is 0.566. The van der Waals surface area contributed by atoms with Crippen LogP contribution in [0.15, 0.2) is 34.7 Å². The Hall–Kier alpha value is -0.980. The predicted molar refractivity (Wildman–Crippen MR) is 50.1 cm³/mol. The zero-order chi connectivity index (χ0) is 8.39. The fourth-order valence-corrected chi connectivity index (χ4v) is 2.29. The summed E-state index contributed by atoms with van der Waals surface area (Å²) in [5, 5.41) is 0. The Morgan fingerprint density at radius 3 is 3.00 bits per heavy atom. The molecule has 0 saturated carbocycles. The highest BCUT2D eigenvalue weighted by Crippen LogP contribution is 2.30. The molecule has 1 nitrogen and oxygen atoms in total. The summed E-state index contributed by atoms with van der Waals surface area (Å²) in [6.07, 6.45) is 0.784. The second kappa shape index (κ2) is 3.18. The molecule has 0 N–H and O–H groups in total. The molecule has 0 fully saturated rings. The third-order valence-electron chi connectivity index (χ3n) is 1.92. The number of rotatable bonds is 0. The van der Waals surface area contributed by atoms with Gasteiger partial charge in [-0.3, -0.25) is 0 Å². The van der Waals surface area contributed by atoms with Crippen LogP contribution in [0, 0.1) is 0 Å². The van der Waals surface area contributed by atoms with Crippen LogP contribution in [-0.4, -0.2) is 11.7 Å². The average Bonchev–Trinajstić information content (AvgIpc) is 2.17. The van der Waals surface area contributed by atoms with Crippen molar-refractivity contribution in [1.82, 2.24) is 0 Å². The Labute approximate surface area is 75.5 Å². The van der Waals surface area contributed by atoms with E-state index in [0.29, 0.717) is 0 Å². The summed E-state index contributed by atoms with van der Waals surface area (Å²) >= 11 is 1.72. The molecule has 0 atom stereocenters. The summed E-state index contributed by atoms with van der Waals surface area (Å²) < 4.78 is 0. The number of hydrogen-bond donors (Lipinski definition) is 0. The van der Waals surface area contributed by atoms with Crippen LogP contribution in [0.4, 0.5) is 0 Å². The first-order valence-corrected chi connectivity index (χ1v) is 4.82. The van der Waals surface area contributed by atoms with Gasteiger partial charge in [0.2, 0.25) is 0 Å². The molecule has 0 aromatic heterocycles. The van der Waals surface area contributed by atoms with E-state index >= 15 is 0 Å². The van der Waals surface area contributed by atoms with Crippen LogP contribution in [0.5, 0.6) is 0 Å². The average molecular weight is 176 g/mol. The monoisotopic (exact) mass is 176 g/mol. The Balaban J connectivity index is 2.41. The van der Waals surface area contributed by atoms with Gasteiger partial charge in [-0.2, -0.15) is 0 Å². The maximum Gasteiger partial charge on any atom is 0.124 e. The maximum absolute atomic E-state index is 10.4. The molecule has 1 aromatic carbocycles. The summed E-state index contributed by atoms with van der Waals surface area (Å²) in [5.74, 6) is 2.80. The molecule has 2 rings (SSSR count). The van der Waals surface area contributed by atoms with E-state index in [1.807, 2.05) is 18.1 Å². The lowest BCUT2D eigenvalue weighted by atomic mass is 10.1. The minimum Gasteiger partial charge on any atom is -0.234 e. The molecule has 0 unspecified atom stereocenters. The van der Waals surface area contributed by atoms with Crippen LogP contribution in [0.25, 0.3) is 0 Å². The Kier molecular flexibility index (Phi) is 2.03. The number of thioether (sulfide) groups is 1. The molecule has 0 radical (unpaired) electrons. The van der Waals surface area contributed by atoms with Crippen molar-refractivity contribution < 1.29 is 4.79 Å². The first kappa shape index (κ1) is 7.66. The molecule has 1 heterocycles. The van der Waals surface area contributed by atoms with E-state index in [2.05, 4.69) is 12.1 Å². The molecule has 60 valence electrons. The third kappa shape index (κ3) is 1.31. The van der Waals surface area contributed by atoms with Crippen LogP contribution in [-0.2, 0) is 11.2 Å². The third-order valence-corrected chi connectivity index (χ3v) is 3.12. The van der Waals surface area contributed by atoms with Gasteiger partial charge in [0.05, 0.1) is 0 Å². The van der Waals surface area contributed by atoms with Crippen LogP contribution in [0.2, 0.25) is 0 Å². The van der Waals surface area contributed by atoms with E-state index in [-0.39, 0.29) is 0 Å². The van der Waals surface area contributed by atoms with Crippen molar-refractivity contribution in [3.63, 3.8) is 0 Å². The van der Waals surface area contributed by atoms with Gasteiger partial charge < -0.3 is 0 Å². The minimum atomic E-state index is 0.784. The molecule has 2 heteroatoms. The predicted octanol–water partition coefficient (Wildman–Crippen LogP) is 2.09. The van der Waals surface area contributed by atoms with Crippen molar-refractivity contribution >= 4 is 17.7 Å². The minimum absolute atomic E-state index is 0.784. The van der Waals surface area contributed by atoms with E-state index in [1.165, 1.54) is 10.5 Å². The summed E-state index contributed by atoms with van der Waals surface area (Å²) in [4.78, 5) is 11.7. The lowest BCUT2D eigenvalue weighted by Gasteiger charge is -2.14. The number of carbonyl (C=O) groups excluding carboxylic acids is 1. The van der Waals surface area contributed by atoms with E-state index in [9.17, 15) is 4.79 Å². The zero-order valence-electron chi connectivity index (χ0n) is 6.54. The topological polar surface area (TPSA) is 17.1 Å². The standard InChI is InChI=1S/C10H8OS/c11-6-8-5-9-3-1-2-4-10(9)12-7-8/h1-4H,5,7H2. The van der Waals surface area contributed by atoms with Gasteiger partial charge in [0.15, 0.2) is 0 Å². The van der Waals surface area contributed by atoms with E-state index in [1.54, 1.807) is 11.8 Å². The van der Waals surface area contributed by atoms with Crippen LogP contribution < -0.4 is 0 Å².